The third-order valence-corrected chi connectivity index (χ3v) is 16.6. The van der Waals surface area contributed by atoms with Gasteiger partial charge in [-0.1, -0.05) is 358 Å². The van der Waals surface area contributed by atoms with E-state index in [4.69, 9.17) is 0 Å². The number of aromatic nitrogens is 5. The van der Waals surface area contributed by atoms with E-state index in [2.05, 4.69) is 419 Å². The van der Waals surface area contributed by atoms with E-state index in [9.17, 15) is 0 Å². The highest BCUT2D eigenvalue weighted by Crippen LogP contribution is 2.32. The fraction of sp³-hybridized carbons (Fsp3) is 0.654. The molecule has 112 heavy (non-hydrogen) atoms. The summed E-state index contributed by atoms with van der Waals surface area (Å²) in [5, 5.41) is 0. The molecule has 5 aromatic heterocycles. The Hall–Kier alpha value is -5.81. The summed E-state index contributed by atoms with van der Waals surface area (Å²) in [4.78, 5) is 22.4. The van der Waals surface area contributed by atoms with Crippen molar-refractivity contribution in [3.8, 4) is 0 Å². The van der Waals surface area contributed by atoms with Gasteiger partial charge in [0.25, 0.3) is 0 Å². The third-order valence-electron chi connectivity index (χ3n) is 16.6. The number of nitrogens with zero attached hydrogens (tertiary/aromatic N) is 5. The molecule has 5 nitrogen and oxygen atoms in total. The second-order valence-corrected chi connectivity index (χ2v) is 50.3. The number of pyridine rings is 5. The molecule has 630 valence electrons. The normalized spacial score (nSPS) is 12.9. The van der Waals surface area contributed by atoms with Crippen LogP contribution in [0.4, 0.5) is 0 Å². The summed E-state index contributed by atoms with van der Waals surface area (Å²) >= 11 is 0. The van der Waals surface area contributed by atoms with Gasteiger partial charge in [0.05, 0.1) is 0 Å². The summed E-state index contributed by atoms with van der Waals surface area (Å²) in [6.07, 6.45) is 27.4. The van der Waals surface area contributed by atoms with E-state index in [-0.39, 0.29) is 0 Å². The molecule has 0 atom stereocenters. The van der Waals surface area contributed by atoms with Crippen LogP contribution in [0.25, 0.3) is 0 Å². The number of rotatable bonds is 14. The van der Waals surface area contributed by atoms with Crippen LogP contribution in [0.1, 0.15) is 369 Å². The van der Waals surface area contributed by atoms with Crippen molar-refractivity contribution in [1.82, 2.24) is 24.9 Å². The van der Waals surface area contributed by atoms with Crippen molar-refractivity contribution >= 4 is 0 Å². The first-order chi connectivity index (χ1) is 50.1. The van der Waals surface area contributed by atoms with Gasteiger partial charge in [-0.15, -0.1) is 0 Å². The molecule has 0 aliphatic heterocycles. The summed E-state index contributed by atoms with van der Waals surface area (Å²) in [7, 11) is 0. The lowest BCUT2D eigenvalue weighted by Gasteiger charge is -2.21. The summed E-state index contributed by atoms with van der Waals surface area (Å²) in [5.74, 6) is 0. The van der Waals surface area contributed by atoms with Gasteiger partial charge in [-0.2, -0.15) is 0 Å². The van der Waals surface area contributed by atoms with Crippen LogP contribution in [0.2, 0.25) is 0 Å². The van der Waals surface area contributed by atoms with E-state index in [0.717, 1.165) is 89.9 Å². The molecule has 0 aliphatic rings. The molecule has 0 amide bonds. The SMILES string of the molecule is CC(C)(C)Cc1ccc(CC(C)(C)C)cc1.CC(C)(C)Cc1ccc(CC(C)(C)C)nc1.CC(C)(C)Cc1ccc(CC(C)(C)C)nc1.CC(C)(C)Cc1cccc(CC(C)(C)C)c1.CC(C)(C)Cc1ccnc(CC(C)(C)C)c1.CC(C)(C)Cc1ccnc(CC(C)(C)C)c1.CC(C)(C)Cc1cncc(CC(C)(C)C)c1. The zero-order valence-corrected chi connectivity index (χ0v) is 81.4. The molecule has 0 radical (unpaired) electrons. The maximum Gasteiger partial charge on any atom is 0.0411 e. The molecule has 7 aromatic rings. The summed E-state index contributed by atoms with van der Waals surface area (Å²) < 4.78 is 0. The van der Waals surface area contributed by atoms with Crippen LogP contribution in [-0.4, -0.2) is 24.9 Å². The van der Waals surface area contributed by atoms with Gasteiger partial charge in [0, 0.05) is 60.0 Å². The molecule has 0 fully saturated rings. The highest BCUT2D eigenvalue weighted by molar-refractivity contribution is 5.27. The average molecular weight is 1530 g/mol. The molecule has 5 heterocycles. The van der Waals surface area contributed by atoms with Gasteiger partial charge in [-0.05, 0) is 258 Å². The first-order valence-corrected chi connectivity index (χ1v) is 42.9. The van der Waals surface area contributed by atoms with Crippen molar-refractivity contribution in [1.29, 1.82) is 0 Å². The highest BCUT2D eigenvalue weighted by atomic mass is 14.7. The zero-order valence-electron chi connectivity index (χ0n) is 81.4. The van der Waals surface area contributed by atoms with Crippen LogP contribution in [0.5, 0.6) is 0 Å². The monoisotopic (exact) mass is 1530 g/mol. The molecule has 5 heteroatoms. The van der Waals surface area contributed by atoms with Gasteiger partial charge < -0.3 is 0 Å². The van der Waals surface area contributed by atoms with Gasteiger partial charge in [-0.25, -0.2) is 0 Å². The first-order valence-electron chi connectivity index (χ1n) is 42.9. The lowest BCUT2D eigenvalue weighted by molar-refractivity contribution is 0.401. The average Bonchev–Trinajstić information content (AvgIpc) is 0.894. The van der Waals surface area contributed by atoms with Crippen molar-refractivity contribution in [3.63, 3.8) is 0 Å². The van der Waals surface area contributed by atoms with Crippen molar-refractivity contribution in [2.75, 3.05) is 0 Å². The Labute approximate surface area is 695 Å². The Morgan fingerprint density at radius 2 is 0.357 bits per heavy atom. The molecule has 0 bridgehead atoms. The first kappa shape index (κ1) is 104. The Bertz CT molecular complexity index is 3030. The zero-order chi connectivity index (χ0) is 86.8. The van der Waals surface area contributed by atoms with Crippen LogP contribution in [0, 0.1) is 75.8 Å². The molecular formula is C107H177N5. The molecule has 0 unspecified atom stereocenters. The summed E-state index contributed by atoms with van der Waals surface area (Å²) in [5.41, 5.74) is 23.7. The predicted molar refractivity (Wildman–Crippen MR) is 498 cm³/mol. The fourth-order valence-electron chi connectivity index (χ4n) is 13.5. The van der Waals surface area contributed by atoms with E-state index < -0.39 is 0 Å². The van der Waals surface area contributed by atoms with Crippen LogP contribution in [0.3, 0.4) is 0 Å². The van der Waals surface area contributed by atoms with E-state index in [1.807, 2.05) is 37.2 Å². The van der Waals surface area contributed by atoms with Crippen LogP contribution in [-0.2, 0) is 89.9 Å². The molecule has 0 spiro atoms. The second-order valence-electron chi connectivity index (χ2n) is 50.3. The van der Waals surface area contributed by atoms with Crippen molar-refractivity contribution in [2.45, 2.75) is 381 Å². The maximum absolute atomic E-state index is 4.55. The Morgan fingerprint density at radius 3 is 0.589 bits per heavy atom. The standard InChI is InChI=1S/2C16H26.5C15H25N/c1-15(2,3)11-13-7-9-14(10-8-13)12-16(4,5)6;1-15(2,3)11-13-8-7-9-14(10-13)12-16(4,5)6;1-14(2,3)8-12-7-13(11-16-10-12)9-15(4,5)6;2*1-14(2,3)9-12-7-8-13(16-11-12)10-15(4,5)6;2*1-14(2,3)10-12-7-8-16-13(9-12)11-15(4,5)6/h2*7-10H,11-12H2,1-6H3;7,10-11H,8-9H2,1-6H3;2*7-8,11H,9-10H2,1-6H3;2*7-9H,10-11H2,1-6H3. The van der Waals surface area contributed by atoms with E-state index in [1.54, 1.807) is 0 Å². The number of benzene rings is 2. The molecule has 0 N–H and O–H groups in total. The maximum atomic E-state index is 4.55. The third kappa shape index (κ3) is 61.6. The smallest absolute Gasteiger partial charge is 0.0411 e. The van der Waals surface area contributed by atoms with Crippen LogP contribution < -0.4 is 0 Å². The molecule has 0 saturated heterocycles. The topological polar surface area (TPSA) is 64.5 Å². The van der Waals surface area contributed by atoms with Crippen LogP contribution in [0.15, 0.2) is 140 Å². The minimum Gasteiger partial charge on any atom is -0.264 e. The molecule has 2 aromatic carbocycles. The van der Waals surface area contributed by atoms with Crippen LogP contribution >= 0.6 is 0 Å². The minimum absolute atomic E-state index is 0.313. The number of hydrogen-bond acceptors (Lipinski definition) is 5. The Kier molecular flexibility index (Phi) is 40.4. The second kappa shape index (κ2) is 43.4. The van der Waals surface area contributed by atoms with Crippen molar-refractivity contribution < 1.29 is 0 Å². The quantitative estimate of drug-likeness (QED) is 0.109. The van der Waals surface area contributed by atoms with Gasteiger partial charge in [-0.3, -0.25) is 24.9 Å². The minimum atomic E-state index is 0.313. The molecule has 0 saturated carbocycles. The van der Waals surface area contributed by atoms with Crippen molar-refractivity contribution in [3.05, 3.63) is 219 Å². The molecular weight excluding hydrogens is 1360 g/mol. The summed E-state index contributed by atoms with van der Waals surface area (Å²) in [6.45, 7) is 95.3. The van der Waals surface area contributed by atoms with Gasteiger partial charge in [0.2, 0.25) is 0 Å². The lowest BCUT2D eigenvalue weighted by Crippen LogP contribution is -2.12. The molecule has 0 aliphatic carbocycles. The fourth-order valence-corrected chi connectivity index (χ4v) is 13.5. The van der Waals surface area contributed by atoms with E-state index >= 15 is 0 Å². The van der Waals surface area contributed by atoms with Gasteiger partial charge >= 0.3 is 0 Å². The largest absolute Gasteiger partial charge is 0.264 e. The van der Waals surface area contributed by atoms with Gasteiger partial charge in [0.15, 0.2) is 0 Å². The lowest BCUT2D eigenvalue weighted by atomic mass is 9.85. The Balaban J connectivity index is 0.000000653. The Morgan fingerprint density at radius 1 is 0.161 bits per heavy atom. The predicted octanol–water partition coefficient (Wildman–Crippen LogP) is 31.0. The van der Waals surface area contributed by atoms with Crippen molar-refractivity contribution in [2.24, 2.45) is 75.8 Å². The number of hydrogen-bond donors (Lipinski definition) is 0. The van der Waals surface area contributed by atoms with E-state index in [0.29, 0.717) is 75.8 Å². The molecule has 7 rings (SSSR count). The van der Waals surface area contributed by atoms with Gasteiger partial charge in [0.1, 0.15) is 0 Å². The van der Waals surface area contributed by atoms with E-state index in [1.165, 1.54) is 78.4 Å². The summed E-state index contributed by atoms with van der Waals surface area (Å²) in [6, 6.07) is 38.1. The highest BCUT2D eigenvalue weighted by Gasteiger charge is 2.22.